The van der Waals surface area contributed by atoms with Crippen LogP contribution in [0.3, 0.4) is 0 Å². The van der Waals surface area contributed by atoms with E-state index in [0.717, 1.165) is 10.5 Å². The number of hydrogen-bond acceptors (Lipinski definition) is 11. The molecule has 0 bridgehead atoms. The van der Waals surface area contributed by atoms with Crippen molar-refractivity contribution < 1.29 is 34.5 Å². The maximum atomic E-state index is 13.6. The lowest BCUT2D eigenvalue weighted by Crippen LogP contribution is -2.41. The van der Waals surface area contributed by atoms with Crippen LogP contribution in [0.1, 0.15) is 7.65 Å². The molecule has 2 fully saturated rings. The molecule has 2 aliphatic rings. The molecule has 5 heterocycles. The van der Waals surface area contributed by atoms with Crippen LogP contribution < -0.4 is 15.2 Å². The first-order valence-corrected chi connectivity index (χ1v) is 14.5. The molecule has 13 nitrogen and oxygen atoms in total. The zero-order valence-corrected chi connectivity index (χ0v) is 22.5. The second kappa shape index (κ2) is 9.56. The van der Waals surface area contributed by atoms with Gasteiger partial charge in [0.25, 0.3) is 13.4 Å². The number of ether oxygens (including phenoxy) is 2. The van der Waals surface area contributed by atoms with Crippen LogP contribution in [0.25, 0.3) is 28.2 Å². The minimum Gasteiger partial charge on any atom is -0.756 e. The first-order valence-electron chi connectivity index (χ1n) is 12.2. The van der Waals surface area contributed by atoms with Crippen molar-refractivity contribution in [3.63, 3.8) is 0 Å². The minimum atomic E-state index is -4.59. The first kappa shape index (κ1) is 25.5. The van der Waals surface area contributed by atoms with E-state index >= 15 is 0 Å². The molecule has 2 aliphatic heterocycles. The number of H-pyrrole nitrogens is 1. The predicted molar refractivity (Wildman–Crippen MR) is 141 cm³/mol. The lowest BCUT2D eigenvalue weighted by molar-refractivity contribution is -0.245. The van der Waals surface area contributed by atoms with Crippen LogP contribution in [0.2, 0.25) is 0 Å². The number of methoxy groups -OCH3 is 1. The Labute approximate surface area is 231 Å². The molecule has 3 aromatic heterocycles. The van der Waals surface area contributed by atoms with Crippen molar-refractivity contribution in [2.24, 2.45) is 0 Å². The summed E-state index contributed by atoms with van der Waals surface area (Å²) >= 11 is 1.22. The fraction of sp³-hybridized carbons (Fsp3) is 0.240. The number of imidazole rings is 2. The molecule has 0 spiro atoms. The number of aromatic nitrogens is 5. The Balaban J connectivity index is 0.00000302. The Hall–Kier alpha value is -3.49. The Kier molecular flexibility index (Phi) is 6.09. The van der Waals surface area contributed by atoms with Crippen LogP contribution in [0, 0.1) is 0 Å². The summed E-state index contributed by atoms with van der Waals surface area (Å²) in [6.07, 6.45) is -3.00. The number of nitrogens with zero attached hydrogens (tertiary/aromatic N) is 4. The van der Waals surface area contributed by atoms with Gasteiger partial charge in [0, 0.05) is 11.1 Å². The summed E-state index contributed by atoms with van der Waals surface area (Å²) in [5.74, 6) is 0.922. The molecule has 15 heteroatoms. The van der Waals surface area contributed by atoms with Gasteiger partial charge in [0.05, 0.1) is 19.4 Å². The van der Waals surface area contributed by atoms with E-state index in [-0.39, 0.29) is 25.0 Å². The molecule has 7 rings (SSSR count). The fourth-order valence-corrected chi connectivity index (χ4v) is 6.72. The lowest BCUT2D eigenvalue weighted by atomic mass is 10.1. The highest BCUT2D eigenvalue weighted by molar-refractivity contribution is 7.99. The third kappa shape index (κ3) is 4.25. The van der Waals surface area contributed by atoms with E-state index in [9.17, 15) is 19.4 Å². The Morgan fingerprint density at radius 2 is 1.98 bits per heavy atom. The maximum absolute atomic E-state index is 13.6. The number of nitrogens with one attached hydrogen (secondary N) is 1. The Morgan fingerprint density at radius 1 is 1.20 bits per heavy atom. The van der Waals surface area contributed by atoms with E-state index in [1.54, 1.807) is 25.4 Å². The molecule has 5 atom stereocenters. The molecule has 206 valence electrons. The van der Waals surface area contributed by atoms with Crippen molar-refractivity contribution in [1.82, 2.24) is 23.9 Å². The van der Waals surface area contributed by atoms with Crippen molar-refractivity contribution in [2.45, 2.75) is 34.6 Å². The summed E-state index contributed by atoms with van der Waals surface area (Å²) in [6, 6.07) is 16.7. The smallest absolute Gasteiger partial charge is 0.756 e. The third-order valence-electron chi connectivity index (χ3n) is 6.78. The zero-order chi connectivity index (χ0) is 27.6. The molecule has 2 N–H and O–H groups in total. The molecular formula is C25H22N5O8PS. The van der Waals surface area contributed by atoms with Crippen LogP contribution in [-0.2, 0) is 18.3 Å². The van der Waals surface area contributed by atoms with Gasteiger partial charge in [-0.3, -0.25) is 13.9 Å². The highest BCUT2D eigenvalue weighted by Gasteiger charge is 2.51. The largest absolute Gasteiger partial charge is 1.00 e. The molecule has 3 unspecified atom stereocenters. The molecule has 40 heavy (non-hydrogen) atoms. The third-order valence-corrected chi connectivity index (χ3v) is 8.73. The van der Waals surface area contributed by atoms with Gasteiger partial charge >= 0.3 is 1.43 Å². The normalized spacial score (nSPS) is 26.4. The second-order valence-electron chi connectivity index (χ2n) is 9.23. The van der Waals surface area contributed by atoms with Crippen LogP contribution in [0.4, 0.5) is 0 Å². The first-order chi connectivity index (χ1) is 19.3. The predicted octanol–water partition coefficient (Wildman–Crippen LogP) is 2.45. The number of aliphatic hydroxyl groups is 1. The van der Waals surface area contributed by atoms with Crippen molar-refractivity contribution >= 4 is 36.5 Å². The van der Waals surface area contributed by atoms with E-state index in [2.05, 4.69) is 9.97 Å². The maximum Gasteiger partial charge on any atom is 1.00 e. The number of phosphoric ester groups is 1. The Morgan fingerprint density at radius 3 is 2.73 bits per heavy atom. The number of fused-ring (bicyclic) bond motifs is 3. The highest BCUT2D eigenvalue weighted by atomic mass is 32.2. The van der Waals surface area contributed by atoms with Crippen LogP contribution in [0.5, 0.6) is 5.75 Å². The van der Waals surface area contributed by atoms with Gasteiger partial charge in [0.2, 0.25) is 5.78 Å². The number of aromatic amines is 1. The Bertz CT molecular complexity index is 1850. The van der Waals surface area contributed by atoms with Gasteiger partial charge in [0.15, 0.2) is 22.5 Å². The van der Waals surface area contributed by atoms with E-state index in [0.29, 0.717) is 16.6 Å². The van der Waals surface area contributed by atoms with Crippen LogP contribution >= 0.6 is 19.6 Å². The summed E-state index contributed by atoms with van der Waals surface area (Å²) in [5.41, 5.74) is 1.31. The number of rotatable bonds is 5. The molecule has 5 aromatic rings. The standard InChI is InChI=1S/C25H22N5O8PS/c1-35-14-7-9-15(10-8-14)40-25-27-18-21(30(25)23-19(31)20-17(37-23)12-36-39(33,34)38-20)28-24-26-16(11-29(24)22(18)32)13-5-3-2-4-6-13/h2-11,17,19-20,23,31H,12H2,1H3,(H,26,28)(H,33,34)/t17?,19?,20-,23-/m1/s1. The lowest BCUT2D eigenvalue weighted by Gasteiger charge is -2.34. The van der Waals surface area contributed by atoms with Gasteiger partial charge in [-0.1, -0.05) is 42.1 Å². The number of hydrogen-bond donors (Lipinski definition) is 2. The number of phosphoric acid groups is 1. The van der Waals surface area contributed by atoms with Gasteiger partial charge in [0.1, 0.15) is 24.1 Å². The summed E-state index contributed by atoms with van der Waals surface area (Å²) in [6.45, 7) is -0.315. The van der Waals surface area contributed by atoms with E-state index in [4.69, 9.17) is 23.5 Å². The average molecular weight is 584 g/mol. The zero-order valence-electron chi connectivity index (χ0n) is 21.7. The highest BCUT2D eigenvalue weighted by Crippen LogP contribution is 2.50. The summed E-state index contributed by atoms with van der Waals surface area (Å²) in [5, 5.41) is 11.5. The summed E-state index contributed by atoms with van der Waals surface area (Å²) in [4.78, 5) is 38.8. The van der Waals surface area contributed by atoms with Gasteiger partial charge in [-0.15, -0.1) is 0 Å². The average Bonchev–Trinajstić information content (AvgIpc) is 3.63. The molecule has 2 saturated heterocycles. The monoisotopic (exact) mass is 583 g/mol. The minimum absolute atomic E-state index is 0. The summed E-state index contributed by atoms with van der Waals surface area (Å²) < 4.78 is 35.9. The molecule has 0 aliphatic carbocycles. The quantitative estimate of drug-likeness (QED) is 0.292. The van der Waals surface area contributed by atoms with Crippen molar-refractivity contribution in [1.29, 1.82) is 0 Å². The van der Waals surface area contributed by atoms with Gasteiger partial charge < -0.3 is 33.5 Å². The van der Waals surface area contributed by atoms with Crippen molar-refractivity contribution in [2.75, 3.05) is 13.7 Å². The number of benzene rings is 2. The van der Waals surface area contributed by atoms with E-state index < -0.39 is 37.9 Å². The van der Waals surface area contributed by atoms with Gasteiger partial charge in [-0.25, -0.2) is 9.38 Å². The molecule has 0 amide bonds. The SMILES string of the molecule is COc1ccc(Sc2nc3c(=O)n4cc(-c5ccccc5)[nH]c4nc3n2[C@@H]2OC3COP(=O)([O-])O[C@H]3C2O)cc1.[H+]. The topological polar surface area (TPSA) is 165 Å². The van der Waals surface area contributed by atoms with E-state index in [1.165, 1.54) is 20.7 Å². The molecule has 2 aromatic carbocycles. The van der Waals surface area contributed by atoms with Crippen molar-refractivity contribution in [3.05, 3.63) is 71.1 Å². The second-order valence-corrected chi connectivity index (χ2v) is 11.6. The van der Waals surface area contributed by atoms with Crippen LogP contribution in [0.15, 0.2) is 75.6 Å². The fourth-order valence-electron chi connectivity index (χ4n) is 4.87. The summed E-state index contributed by atoms with van der Waals surface area (Å²) in [7, 11) is -3.03. The number of aliphatic hydroxyl groups excluding tert-OH is 1. The van der Waals surface area contributed by atoms with Crippen LogP contribution in [-0.4, -0.2) is 61.1 Å². The molecule has 0 saturated carbocycles. The molecule has 0 radical (unpaired) electrons. The van der Waals surface area contributed by atoms with Gasteiger partial charge in [-0.2, -0.15) is 4.98 Å². The van der Waals surface area contributed by atoms with Crippen molar-refractivity contribution in [3.8, 4) is 17.0 Å². The molecular weight excluding hydrogens is 561 g/mol. The van der Waals surface area contributed by atoms with E-state index in [1.807, 2.05) is 42.5 Å². The van der Waals surface area contributed by atoms with Gasteiger partial charge in [-0.05, 0) is 29.8 Å².